The van der Waals surface area contributed by atoms with Gasteiger partial charge in [-0.05, 0) is 96.5 Å². The molecule has 3 aromatic heterocycles. The molecule has 0 fully saturated rings. The van der Waals surface area contributed by atoms with E-state index in [-0.39, 0.29) is 10.8 Å². The van der Waals surface area contributed by atoms with Crippen molar-refractivity contribution in [2.75, 3.05) is 0 Å². The lowest BCUT2D eigenvalue weighted by molar-refractivity contribution is 0.491. The van der Waals surface area contributed by atoms with Crippen LogP contribution in [0.15, 0.2) is 36.4 Å². The van der Waals surface area contributed by atoms with Crippen molar-refractivity contribution in [3.8, 4) is 20.9 Å². The molecule has 3 heterocycles. The molecule has 0 unspecified atom stereocenters. The third-order valence-electron chi connectivity index (χ3n) is 14.8. The molecule has 5 aromatic rings. The Morgan fingerprint density at radius 3 is 1.33 bits per heavy atom. The Balaban J connectivity index is 1.11. The zero-order valence-electron chi connectivity index (χ0n) is 37.1. The molecular weight excluding hydrogens is 745 g/mol. The van der Waals surface area contributed by atoms with Gasteiger partial charge in [-0.2, -0.15) is 0 Å². The van der Waals surface area contributed by atoms with Crippen molar-refractivity contribution in [2.45, 2.75) is 219 Å². The Morgan fingerprint density at radius 2 is 0.842 bits per heavy atom. The molecule has 0 N–H and O–H groups in total. The summed E-state index contributed by atoms with van der Waals surface area (Å²) in [6.45, 7) is 14.4. The Kier molecular flexibility index (Phi) is 15.2. The number of hydrogen-bond acceptors (Lipinski definition) is 3. The van der Waals surface area contributed by atoms with Gasteiger partial charge < -0.3 is 0 Å². The van der Waals surface area contributed by atoms with Gasteiger partial charge in [0.2, 0.25) is 0 Å². The van der Waals surface area contributed by atoms with Crippen LogP contribution in [0.2, 0.25) is 0 Å². The Labute approximate surface area is 360 Å². The van der Waals surface area contributed by atoms with Crippen LogP contribution in [0.4, 0.5) is 0 Å². The Hall–Kier alpha value is -1.94. The summed E-state index contributed by atoms with van der Waals surface area (Å²) in [7, 11) is 0. The SMILES string of the molecule is CCCCCCCCCCCCc1cc2c(s1)-c1c(ccc3c4c(ccc13)C(CC)(CC)c1c-4sc3cc(CCCCCCCCCCCC)sc13)C2(CC)CC. The maximum atomic E-state index is 2.66. The standard InChI is InChI=1S/C54H76S3/c1-7-13-15-17-19-21-23-25-27-29-31-39-37-45-50(55-39)47-41-34-36-44-48(42(41)33-35-43(47)53(45,9-3)10-4)52-49(54(44,11-5)12-6)51-46(57-52)38-40(56-51)32-30-28-26-24-22-20-18-16-14-8-2/h33-38H,7-32H2,1-6H3. The van der Waals surface area contributed by atoms with Gasteiger partial charge in [0, 0.05) is 46.2 Å². The normalized spacial score (nSPS) is 14.8. The van der Waals surface area contributed by atoms with Crippen molar-refractivity contribution in [1.29, 1.82) is 0 Å². The van der Waals surface area contributed by atoms with Crippen LogP contribution < -0.4 is 0 Å². The highest BCUT2D eigenvalue weighted by atomic mass is 32.1. The second-order valence-corrected chi connectivity index (χ2v) is 21.5. The van der Waals surface area contributed by atoms with Gasteiger partial charge in [-0.1, -0.05) is 181 Å². The second kappa shape index (κ2) is 20.1. The van der Waals surface area contributed by atoms with Crippen LogP contribution in [0.25, 0.3) is 41.1 Å². The van der Waals surface area contributed by atoms with Crippen LogP contribution in [0.5, 0.6) is 0 Å². The molecule has 57 heavy (non-hydrogen) atoms. The van der Waals surface area contributed by atoms with Crippen LogP contribution >= 0.6 is 34.0 Å². The van der Waals surface area contributed by atoms with Gasteiger partial charge in [0.1, 0.15) is 0 Å². The van der Waals surface area contributed by atoms with Crippen molar-refractivity contribution in [3.63, 3.8) is 0 Å². The van der Waals surface area contributed by atoms with E-state index in [0.29, 0.717) is 0 Å². The van der Waals surface area contributed by atoms with Crippen LogP contribution in [0, 0.1) is 0 Å². The van der Waals surface area contributed by atoms with Crippen molar-refractivity contribution >= 4 is 54.2 Å². The predicted molar refractivity (Wildman–Crippen MR) is 260 cm³/mol. The quantitative estimate of drug-likeness (QED) is 0.0488. The third-order valence-corrected chi connectivity index (χ3v) is 18.6. The number of thiophene rings is 3. The monoisotopic (exact) mass is 821 g/mol. The maximum Gasteiger partial charge on any atom is 0.0501 e. The topological polar surface area (TPSA) is 0 Å². The third kappa shape index (κ3) is 8.40. The molecule has 2 aromatic carbocycles. The van der Waals surface area contributed by atoms with Crippen LogP contribution in [-0.2, 0) is 23.7 Å². The number of hydrogen-bond donors (Lipinski definition) is 0. The smallest absolute Gasteiger partial charge is 0.0501 e. The first-order chi connectivity index (χ1) is 28.0. The summed E-state index contributed by atoms with van der Waals surface area (Å²) < 4.78 is 3.16. The molecule has 0 saturated heterocycles. The van der Waals surface area contributed by atoms with E-state index in [1.807, 2.05) is 0 Å². The summed E-state index contributed by atoms with van der Waals surface area (Å²) in [5.41, 5.74) is 9.95. The van der Waals surface area contributed by atoms with Gasteiger partial charge in [-0.3, -0.25) is 0 Å². The van der Waals surface area contributed by atoms with E-state index < -0.39 is 0 Å². The highest BCUT2D eigenvalue weighted by Crippen LogP contribution is 2.63. The van der Waals surface area contributed by atoms with E-state index >= 15 is 0 Å². The van der Waals surface area contributed by atoms with Crippen molar-refractivity contribution in [2.24, 2.45) is 0 Å². The zero-order valence-corrected chi connectivity index (χ0v) is 39.5. The minimum atomic E-state index is 0.113. The average molecular weight is 821 g/mol. The van der Waals surface area contributed by atoms with Crippen LogP contribution in [0.1, 0.15) is 228 Å². The van der Waals surface area contributed by atoms with Crippen molar-refractivity contribution in [1.82, 2.24) is 0 Å². The fourth-order valence-electron chi connectivity index (χ4n) is 11.3. The van der Waals surface area contributed by atoms with Gasteiger partial charge >= 0.3 is 0 Å². The van der Waals surface area contributed by atoms with Crippen LogP contribution in [0.3, 0.4) is 0 Å². The van der Waals surface area contributed by atoms with Gasteiger partial charge in [-0.25, -0.2) is 0 Å². The molecule has 0 bridgehead atoms. The summed E-state index contributed by atoms with van der Waals surface area (Å²) in [4.78, 5) is 6.43. The molecule has 0 spiro atoms. The highest BCUT2D eigenvalue weighted by molar-refractivity contribution is 7.30. The fraction of sp³-hybridized carbons (Fsp3) is 0.630. The van der Waals surface area contributed by atoms with Gasteiger partial charge in [-0.15, -0.1) is 34.0 Å². The van der Waals surface area contributed by atoms with Crippen molar-refractivity contribution in [3.05, 3.63) is 68.4 Å². The molecule has 0 amide bonds. The van der Waals surface area contributed by atoms with Crippen molar-refractivity contribution < 1.29 is 0 Å². The second-order valence-electron chi connectivity index (χ2n) is 18.2. The highest BCUT2D eigenvalue weighted by Gasteiger charge is 2.47. The number of unbranched alkanes of at least 4 members (excludes halogenated alkanes) is 18. The summed E-state index contributed by atoms with van der Waals surface area (Å²) in [5.74, 6) is 0. The minimum absolute atomic E-state index is 0.113. The van der Waals surface area contributed by atoms with E-state index in [9.17, 15) is 0 Å². The molecule has 0 aliphatic heterocycles. The number of fused-ring (bicyclic) bond motifs is 11. The largest absolute Gasteiger partial charge is 0.140 e. The number of aryl methyl sites for hydroxylation is 2. The summed E-state index contributed by atoms with van der Waals surface area (Å²) in [5, 5.41) is 3.02. The van der Waals surface area contributed by atoms with E-state index in [2.05, 4.69) is 112 Å². The lowest BCUT2D eigenvalue weighted by Crippen LogP contribution is -2.23. The first-order valence-electron chi connectivity index (χ1n) is 24.3. The molecular formula is C54H76S3. The number of benzene rings is 2. The molecule has 2 aliphatic carbocycles. The van der Waals surface area contributed by atoms with Gasteiger partial charge in [0.05, 0.1) is 4.70 Å². The summed E-state index contributed by atoms with van der Waals surface area (Å²) >= 11 is 6.41. The van der Waals surface area contributed by atoms with E-state index in [1.54, 1.807) is 62.3 Å². The first-order valence-corrected chi connectivity index (χ1v) is 26.8. The molecule has 0 saturated carbocycles. The first kappa shape index (κ1) is 43.2. The molecule has 0 nitrogen and oxygen atoms in total. The molecule has 3 heteroatoms. The number of rotatable bonds is 26. The van der Waals surface area contributed by atoms with E-state index in [4.69, 9.17) is 0 Å². The van der Waals surface area contributed by atoms with Gasteiger partial charge in [0.25, 0.3) is 0 Å². The minimum Gasteiger partial charge on any atom is -0.140 e. The Morgan fingerprint density at radius 1 is 0.404 bits per heavy atom. The van der Waals surface area contributed by atoms with Gasteiger partial charge in [0.15, 0.2) is 0 Å². The molecule has 2 aliphatic rings. The lowest BCUT2D eigenvalue weighted by atomic mass is 9.73. The van der Waals surface area contributed by atoms with Crippen LogP contribution in [-0.4, -0.2) is 0 Å². The lowest BCUT2D eigenvalue weighted by Gasteiger charge is -2.30. The molecule has 0 radical (unpaired) electrons. The summed E-state index contributed by atoms with van der Waals surface area (Å²) in [6, 6.07) is 15.6. The summed E-state index contributed by atoms with van der Waals surface area (Å²) in [6.07, 6.45) is 35.4. The molecule has 0 atom stereocenters. The molecule has 7 rings (SSSR count). The van der Waals surface area contributed by atoms with E-state index in [1.165, 1.54) is 178 Å². The average Bonchev–Trinajstić information content (AvgIpc) is 4.02. The molecule has 310 valence electrons. The zero-order chi connectivity index (χ0) is 39.8. The van der Waals surface area contributed by atoms with E-state index in [0.717, 1.165) is 0 Å². The Bertz CT molecular complexity index is 2040. The predicted octanol–water partition coefficient (Wildman–Crippen LogP) is 19.3. The maximum absolute atomic E-state index is 2.66. The fourth-order valence-corrected chi connectivity index (χ4v) is 15.7.